The molecule has 0 spiro atoms. The fourth-order valence-electron chi connectivity index (χ4n) is 3.81. The number of carboxylic acids is 1. The van der Waals surface area contributed by atoms with Crippen molar-refractivity contribution in [3.8, 4) is 0 Å². The van der Waals surface area contributed by atoms with E-state index in [0.717, 1.165) is 5.56 Å². The van der Waals surface area contributed by atoms with E-state index in [0.29, 0.717) is 36.2 Å². The summed E-state index contributed by atoms with van der Waals surface area (Å²) in [6.45, 7) is 0.444. The van der Waals surface area contributed by atoms with E-state index in [9.17, 15) is 19.5 Å². The first kappa shape index (κ1) is 25.2. The van der Waals surface area contributed by atoms with Crippen molar-refractivity contribution in [1.29, 1.82) is 0 Å². The molecule has 2 heterocycles. The minimum absolute atomic E-state index is 0.0587. The summed E-state index contributed by atoms with van der Waals surface area (Å²) in [6.07, 6.45) is 4.68. The molecule has 1 unspecified atom stereocenters. The molecule has 0 aliphatic rings. The Hall–Kier alpha value is -4.87. The monoisotopic (exact) mass is 505 g/mol. The first-order chi connectivity index (χ1) is 18.0. The topological polar surface area (TPSA) is 174 Å². The van der Waals surface area contributed by atoms with Crippen molar-refractivity contribution >= 4 is 34.8 Å². The smallest absolute Gasteiger partial charge is 0.409 e. The van der Waals surface area contributed by atoms with E-state index in [2.05, 4.69) is 36.1 Å². The third-order valence-corrected chi connectivity index (χ3v) is 5.71. The fraction of sp³-hybridized carbons (Fsp3) is 0.240. The molecule has 192 valence electrons. The molecule has 0 bridgehead atoms. The van der Waals surface area contributed by atoms with Crippen LogP contribution in [0.2, 0.25) is 0 Å². The van der Waals surface area contributed by atoms with Crippen molar-refractivity contribution in [2.75, 3.05) is 11.9 Å². The molecular formula is C25H27N7O5. The van der Waals surface area contributed by atoms with E-state index in [1.54, 1.807) is 61.1 Å². The van der Waals surface area contributed by atoms with Gasteiger partial charge < -0.3 is 25.5 Å². The first-order valence-corrected chi connectivity index (χ1v) is 11.7. The summed E-state index contributed by atoms with van der Waals surface area (Å²) in [5, 5.41) is 25.6. The van der Waals surface area contributed by atoms with Crippen LogP contribution in [0, 0.1) is 0 Å². The van der Waals surface area contributed by atoms with Crippen LogP contribution in [-0.4, -0.2) is 55.4 Å². The number of benzene rings is 2. The number of hydrogen-bond donors (Lipinski definition) is 6. The minimum Gasteiger partial charge on any atom is -0.478 e. The molecule has 4 aromatic rings. The largest absolute Gasteiger partial charge is 0.478 e. The van der Waals surface area contributed by atoms with Crippen LogP contribution in [0.1, 0.15) is 35.2 Å². The lowest BCUT2D eigenvalue weighted by Gasteiger charge is -2.31. The Balaban J connectivity index is 1.48. The molecule has 0 radical (unpaired) electrons. The third-order valence-electron chi connectivity index (χ3n) is 5.71. The Morgan fingerprint density at radius 1 is 1.03 bits per heavy atom. The highest BCUT2D eigenvalue weighted by atomic mass is 16.5. The number of unbranched alkanes of at least 4 members (excludes halogenated alkanes) is 1. The number of para-hydroxylation sites is 1. The van der Waals surface area contributed by atoms with Gasteiger partial charge in [-0.15, -0.1) is 0 Å². The minimum atomic E-state index is -2.11. The van der Waals surface area contributed by atoms with Gasteiger partial charge in [0.2, 0.25) is 5.66 Å². The SMILES string of the molecule is O=C(NC(CCCCNc1ncc[nH]1)(NC(=O)c1cccc2cn[nH]c12)C(=O)O)OCc1ccccc1. The molecule has 1 atom stereocenters. The van der Waals surface area contributed by atoms with E-state index in [4.69, 9.17) is 4.74 Å². The number of amides is 2. The molecule has 2 amide bonds. The summed E-state index contributed by atoms with van der Waals surface area (Å²) >= 11 is 0. The number of carboxylic acid groups (broad SMARTS) is 1. The van der Waals surface area contributed by atoms with Gasteiger partial charge in [0.15, 0.2) is 5.95 Å². The lowest BCUT2D eigenvalue weighted by atomic mass is 10.0. The van der Waals surface area contributed by atoms with Crippen molar-refractivity contribution in [2.24, 2.45) is 0 Å². The van der Waals surface area contributed by atoms with Crippen LogP contribution in [0.5, 0.6) is 0 Å². The number of hydrogen-bond acceptors (Lipinski definition) is 7. The zero-order valence-electron chi connectivity index (χ0n) is 19.9. The normalized spacial score (nSPS) is 12.4. The first-order valence-electron chi connectivity index (χ1n) is 11.7. The van der Waals surface area contributed by atoms with Crippen LogP contribution >= 0.6 is 0 Å². The van der Waals surface area contributed by atoms with Crippen LogP contribution in [0.15, 0.2) is 67.1 Å². The average molecular weight is 506 g/mol. The Morgan fingerprint density at radius 2 is 1.86 bits per heavy atom. The molecule has 0 saturated heterocycles. The Bertz CT molecular complexity index is 1340. The third kappa shape index (κ3) is 6.42. The van der Waals surface area contributed by atoms with Crippen LogP contribution in [0.3, 0.4) is 0 Å². The number of aromatic nitrogens is 4. The molecular weight excluding hydrogens is 478 g/mol. The quantitative estimate of drug-likeness (QED) is 0.126. The molecule has 0 fully saturated rings. The number of carbonyl (C=O) groups is 3. The zero-order chi connectivity index (χ0) is 26.1. The van der Waals surface area contributed by atoms with E-state index < -0.39 is 23.6 Å². The maximum Gasteiger partial charge on any atom is 0.409 e. The highest BCUT2D eigenvalue weighted by Gasteiger charge is 2.42. The predicted molar refractivity (Wildman–Crippen MR) is 135 cm³/mol. The molecule has 12 heteroatoms. The second-order valence-corrected chi connectivity index (χ2v) is 8.31. The van der Waals surface area contributed by atoms with Crippen molar-refractivity contribution in [3.63, 3.8) is 0 Å². The number of fused-ring (bicyclic) bond motifs is 1. The molecule has 0 aliphatic heterocycles. The van der Waals surface area contributed by atoms with E-state index in [-0.39, 0.29) is 18.6 Å². The van der Waals surface area contributed by atoms with Crippen LogP contribution < -0.4 is 16.0 Å². The van der Waals surface area contributed by atoms with E-state index >= 15 is 0 Å². The van der Waals surface area contributed by atoms with Gasteiger partial charge in [-0.05, 0) is 24.5 Å². The van der Waals surface area contributed by atoms with Gasteiger partial charge in [-0.3, -0.25) is 15.2 Å². The number of alkyl carbamates (subject to hydrolysis) is 1. The van der Waals surface area contributed by atoms with Gasteiger partial charge in [0.1, 0.15) is 6.61 Å². The van der Waals surface area contributed by atoms with Gasteiger partial charge >= 0.3 is 12.1 Å². The summed E-state index contributed by atoms with van der Waals surface area (Å²) in [4.78, 5) is 45.4. The number of aliphatic carboxylic acids is 1. The standard InChI is InChI=1S/C25H27N7O5/c33-21(19-10-6-9-18-15-29-32-20(18)19)30-25(22(34)35,11-4-5-12-26-23-27-13-14-28-23)31-24(36)37-16-17-7-2-1-3-8-17/h1-3,6-10,13-15H,4-5,11-12,16H2,(H,29,32)(H,30,33)(H,31,36)(H,34,35)(H2,26,27,28). The second-order valence-electron chi connectivity index (χ2n) is 8.31. The van der Waals surface area contributed by atoms with Crippen LogP contribution in [-0.2, 0) is 16.1 Å². The van der Waals surface area contributed by atoms with E-state index in [1.807, 2.05) is 6.07 Å². The predicted octanol–water partition coefficient (Wildman–Crippen LogP) is 3.01. The Labute approximate surface area is 211 Å². The molecule has 12 nitrogen and oxygen atoms in total. The summed E-state index contributed by atoms with van der Waals surface area (Å²) < 4.78 is 5.25. The zero-order valence-corrected chi connectivity index (χ0v) is 19.9. The van der Waals surface area contributed by atoms with E-state index in [1.165, 1.54) is 0 Å². The van der Waals surface area contributed by atoms with Gasteiger partial charge in [0.05, 0.1) is 17.3 Å². The highest BCUT2D eigenvalue weighted by molar-refractivity contribution is 6.07. The number of rotatable bonds is 12. The lowest BCUT2D eigenvalue weighted by Crippen LogP contribution is -2.65. The van der Waals surface area contributed by atoms with Crippen molar-refractivity contribution in [2.45, 2.75) is 31.5 Å². The summed E-state index contributed by atoms with van der Waals surface area (Å²) in [5.74, 6) is -1.52. The molecule has 2 aromatic carbocycles. The second kappa shape index (κ2) is 11.7. The Kier molecular flexibility index (Phi) is 7.98. The molecule has 6 N–H and O–H groups in total. The molecule has 0 aliphatic carbocycles. The van der Waals surface area contributed by atoms with Gasteiger partial charge in [0, 0.05) is 30.7 Å². The average Bonchev–Trinajstić information content (AvgIpc) is 3.59. The van der Waals surface area contributed by atoms with Crippen LogP contribution in [0.4, 0.5) is 10.7 Å². The summed E-state index contributed by atoms with van der Waals surface area (Å²) in [5.41, 5.74) is -0.733. The molecule has 0 saturated carbocycles. The van der Waals surface area contributed by atoms with Crippen LogP contribution in [0.25, 0.3) is 10.9 Å². The Morgan fingerprint density at radius 3 is 2.62 bits per heavy atom. The number of ether oxygens (including phenoxy) is 1. The van der Waals surface area contributed by atoms with Crippen molar-refractivity contribution < 1.29 is 24.2 Å². The van der Waals surface area contributed by atoms with Gasteiger partial charge in [-0.1, -0.05) is 42.5 Å². The fourth-order valence-corrected chi connectivity index (χ4v) is 3.81. The number of imidazole rings is 1. The molecule has 37 heavy (non-hydrogen) atoms. The maximum atomic E-state index is 13.2. The summed E-state index contributed by atoms with van der Waals surface area (Å²) in [7, 11) is 0. The van der Waals surface area contributed by atoms with Gasteiger partial charge in [-0.25, -0.2) is 14.6 Å². The van der Waals surface area contributed by atoms with Gasteiger partial charge in [0.25, 0.3) is 5.91 Å². The number of anilines is 1. The lowest BCUT2D eigenvalue weighted by molar-refractivity contribution is -0.146. The maximum absolute atomic E-state index is 13.2. The highest BCUT2D eigenvalue weighted by Crippen LogP contribution is 2.19. The summed E-state index contributed by atoms with van der Waals surface area (Å²) in [6, 6.07) is 13.9. The van der Waals surface area contributed by atoms with Gasteiger partial charge in [-0.2, -0.15) is 5.10 Å². The number of carbonyl (C=O) groups excluding carboxylic acids is 2. The number of H-pyrrole nitrogens is 2. The number of nitrogens with one attached hydrogen (secondary N) is 5. The number of aromatic amines is 2. The molecule has 4 rings (SSSR count). The number of nitrogens with zero attached hydrogens (tertiary/aromatic N) is 2. The van der Waals surface area contributed by atoms with Crippen molar-refractivity contribution in [1.82, 2.24) is 30.8 Å². The van der Waals surface area contributed by atoms with Crippen molar-refractivity contribution in [3.05, 3.63) is 78.2 Å². The molecule has 2 aromatic heterocycles.